The first kappa shape index (κ1) is 16.3. The van der Waals surface area contributed by atoms with E-state index in [4.69, 9.17) is 0 Å². The maximum absolute atomic E-state index is 3.81. The summed E-state index contributed by atoms with van der Waals surface area (Å²) in [5.74, 6) is 0. The SMILES string of the molecule is CN(CCNC1CCCCCC1)C1CCC(C)(C)CC1. The topological polar surface area (TPSA) is 15.3 Å². The summed E-state index contributed by atoms with van der Waals surface area (Å²) in [6, 6.07) is 1.63. The highest BCUT2D eigenvalue weighted by atomic mass is 15.1. The molecule has 0 spiro atoms. The maximum atomic E-state index is 3.81. The molecule has 0 atom stereocenters. The molecule has 2 rings (SSSR count). The van der Waals surface area contributed by atoms with Gasteiger partial charge in [-0.1, -0.05) is 39.5 Å². The Bertz CT molecular complexity index is 257. The van der Waals surface area contributed by atoms with Gasteiger partial charge in [0.05, 0.1) is 0 Å². The first-order valence-corrected chi connectivity index (χ1v) is 9.00. The second-order valence-corrected chi connectivity index (χ2v) is 8.02. The smallest absolute Gasteiger partial charge is 0.0107 e. The zero-order valence-electron chi connectivity index (χ0n) is 14.1. The van der Waals surface area contributed by atoms with Crippen molar-refractivity contribution >= 4 is 0 Å². The van der Waals surface area contributed by atoms with Gasteiger partial charge in [-0.25, -0.2) is 0 Å². The number of nitrogens with zero attached hydrogens (tertiary/aromatic N) is 1. The van der Waals surface area contributed by atoms with E-state index < -0.39 is 0 Å². The summed E-state index contributed by atoms with van der Waals surface area (Å²) in [7, 11) is 2.33. The molecular weight excluding hydrogens is 244 g/mol. The average Bonchev–Trinajstić information content (AvgIpc) is 2.67. The molecule has 0 radical (unpaired) electrons. The van der Waals surface area contributed by atoms with Gasteiger partial charge in [-0.05, 0) is 51.0 Å². The van der Waals surface area contributed by atoms with Gasteiger partial charge in [-0.15, -0.1) is 0 Å². The summed E-state index contributed by atoms with van der Waals surface area (Å²) in [5.41, 5.74) is 0.593. The van der Waals surface area contributed by atoms with E-state index in [1.54, 1.807) is 0 Å². The molecule has 0 unspecified atom stereocenters. The molecule has 2 fully saturated rings. The van der Waals surface area contributed by atoms with Crippen LogP contribution in [0.1, 0.15) is 78.1 Å². The zero-order chi connectivity index (χ0) is 14.4. The molecule has 0 amide bonds. The van der Waals surface area contributed by atoms with E-state index in [-0.39, 0.29) is 0 Å². The molecule has 2 aliphatic rings. The molecule has 1 N–H and O–H groups in total. The Morgan fingerprint density at radius 1 is 0.950 bits per heavy atom. The van der Waals surface area contributed by atoms with Crippen LogP contribution < -0.4 is 5.32 Å². The van der Waals surface area contributed by atoms with Crippen LogP contribution in [-0.4, -0.2) is 37.1 Å². The Hall–Kier alpha value is -0.0800. The van der Waals surface area contributed by atoms with E-state index in [0.29, 0.717) is 5.41 Å². The van der Waals surface area contributed by atoms with Gasteiger partial charge in [0.1, 0.15) is 0 Å². The lowest BCUT2D eigenvalue weighted by atomic mass is 9.75. The number of nitrogens with one attached hydrogen (secondary N) is 1. The van der Waals surface area contributed by atoms with Gasteiger partial charge in [0.2, 0.25) is 0 Å². The van der Waals surface area contributed by atoms with Crippen molar-refractivity contribution in [2.24, 2.45) is 5.41 Å². The Balaban J connectivity index is 1.61. The second-order valence-electron chi connectivity index (χ2n) is 8.02. The van der Waals surface area contributed by atoms with Crippen LogP contribution in [-0.2, 0) is 0 Å². The van der Waals surface area contributed by atoms with E-state index in [9.17, 15) is 0 Å². The Morgan fingerprint density at radius 3 is 2.15 bits per heavy atom. The van der Waals surface area contributed by atoms with Crippen molar-refractivity contribution in [3.8, 4) is 0 Å². The minimum atomic E-state index is 0.593. The van der Waals surface area contributed by atoms with Crippen LogP contribution in [0.2, 0.25) is 0 Å². The molecule has 2 nitrogen and oxygen atoms in total. The van der Waals surface area contributed by atoms with Crippen LogP contribution in [0.3, 0.4) is 0 Å². The van der Waals surface area contributed by atoms with Gasteiger partial charge in [0, 0.05) is 25.2 Å². The van der Waals surface area contributed by atoms with Gasteiger partial charge in [0.15, 0.2) is 0 Å². The average molecular weight is 280 g/mol. The first-order chi connectivity index (χ1) is 9.57. The number of hydrogen-bond acceptors (Lipinski definition) is 2. The molecule has 20 heavy (non-hydrogen) atoms. The largest absolute Gasteiger partial charge is 0.313 e. The monoisotopic (exact) mass is 280 g/mol. The Labute approximate surface area is 126 Å². The molecular formula is C18H36N2. The normalized spacial score (nSPS) is 25.8. The number of rotatable bonds is 5. The van der Waals surface area contributed by atoms with Gasteiger partial charge >= 0.3 is 0 Å². The lowest BCUT2D eigenvalue weighted by Gasteiger charge is -2.38. The highest BCUT2D eigenvalue weighted by Crippen LogP contribution is 2.36. The summed E-state index contributed by atoms with van der Waals surface area (Å²) in [5, 5.41) is 3.81. The van der Waals surface area contributed by atoms with Crippen LogP contribution >= 0.6 is 0 Å². The summed E-state index contributed by atoms with van der Waals surface area (Å²) >= 11 is 0. The molecule has 0 aliphatic heterocycles. The van der Waals surface area contributed by atoms with Crippen LogP contribution in [0.4, 0.5) is 0 Å². The zero-order valence-corrected chi connectivity index (χ0v) is 14.1. The van der Waals surface area contributed by atoms with E-state index in [2.05, 4.69) is 31.1 Å². The standard InChI is InChI=1S/C18H36N2/c1-18(2)12-10-17(11-13-18)20(3)15-14-19-16-8-6-4-5-7-9-16/h16-17,19H,4-15H2,1-3H3. The van der Waals surface area contributed by atoms with Crippen molar-refractivity contribution in [2.75, 3.05) is 20.1 Å². The van der Waals surface area contributed by atoms with Crippen LogP contribution in [0, 0.1) is 5.41 Å². The fraction of sp³-hybridized carbons (Fsp3) is 1.00. The Morgan fingerprint density at radius 2 is 1.55 bits per heavy atom. The minimum absolute atomic E-state index is 0.593. The van der Waals surface area contributed by atoms with Gasteiger partial charge < -0.3 is 10.2 Å². The summed E-state index contributed by atoms with van der Waals surface area (Å²) in [6.07, 6.45) is 14.2. The minimum Gasteiger partial charge on any atom is -0.313 e. The van der Waals surface area contributed by atoms with Crippen molar-refractivity contribution < 1.29 is 0 Å². The number of hydrogen-bond donors (Lipinski definition) is 1. The maximum Gasteiger partial charge on any atom is 0.0107 e. The molecule has 0 saturated heterocycles. The Kier molecular flexibility index (Phi) is 6.35. The second kappa shape index (κ2) is 7.79. The van der Waals surface area contributed by atoms with E-state index in [1.165, 1.54) is 77.3 Å². The van der Waals surface area contributed by atoms with Crippen LogP contribution in [0.5, 0.6) is 0 Å². The van der Waals surface area contributed by atoms with Crippen molar-refractivity contribution in [1.29, 1.82) is 0 Å². The van der Waals surface area contributed by atoms with E-state index in [0.717, 1.165) is 12.1 Å². The van der Waals surface area contributed by atoms with Crippen molar-refractivity contribution in [1.82, 2.24) is 10.2 Å². The highest BCUT2D eigenvalue weighted by Gasteiger charge is 2.28. The van der Waals surface area contributed by atoms with E-state index >= 15 is 0 Å². The summed E-state index contributed by atoms with van der Waals surface area (Å²) in [4.78, 5) is 2.61. The number of likely N-dealkylation sites (N-methyl/N-ethyl adjacent to an activating group) is 1. The molecule has 0 aromatic heterocycles. The van der Waals surface area contributed by atoms with Crippen LogP contribution in [0.25, 0.3) is 0 Å². The molecule has 118 valence electrons. The van der Waals surface area contributed by atoms with Gasteiger partial charge in [-0.3, -0.25) is 0 Å². The molecule has 2 aliphatic carbocycles. The predicted molar refractivity (Wildman–Crippen MR) is 88.2 cm³/mol. The molecule has 2 heteroatoms. The predicted octanol–water partition coefficient (Wildman–Crippen LogP) is 4.20. The molecule has 0 aromatic rings. The van der Waals surface area contributed by atoms with Gasteiger partial charge in [-0.2, -0.15) is 0 Å². The first-order valence-electron chi connectivity index (χ1n) is 9.00. The fourth-order valence-corrected chi connectivity index (χ4v) is 3.94. The summed E-state index contributed by atoms with van der Waals surface area (Å²) in [6.45, 7) is 7.26. The van der Waals surface area contributed by atoms with Crippen molar-refractivity contribution in [3.63, 3.8) is 0 Å². The third-order valence-electron chi connectivity index (χ3n) is 5.68. The molecule has 0 aromatic carbocycles. The highest BCUT2D eigenvalue weighted by molar-refractivity contribution is 4.83. The quantitative estimate of drug-likeness (QED) is 0.759. The van der Waals surface area contributed by atoms with Crippen molar-refractivity contribution in [3.05, 3.63) is 0 Å². The van der Waals surface area contributed by atoms with Gasteiger partial charge in [0.25, 0.3) is 0 Å². The lowest BCUT2D eigenvalue weighted by molar-refractivity contribution is 0.127. The lowest BCUT2D eigenvalue weighted by Crippen LogP contribution is -2.42. The summed E-state index contributed by atoms with van der Waals surface area (Å²) < 4.78 is 0. The van der Waals surface area contributed by atoms with Crippen LogP contribution in [0.15, 0.2) is 0 Å². The third-order valence-corrected chi connectivity index (χ3v) is 5.68. The molecule has 0 bridgehead atoms. The molecule has 2 saturated carbocycles. The fourth-order valence-electron chi connectivity index (χ4n) is 3.94. The van der Waals surface area contributed by atoms with E-state index in [1.807, 2.05) is 0 Å². The molecule has 0 heterocycles. The van der Waals surface area contributed by atoms with Crippen molar-refractivity contribution in [2.45, 2.75) is 90.1 Å². The third kappa shape index (κ3) is 5.37.